The van der Waals surface area contributed by atoms with E-state index in [4.69, 9.17) is 4.74 Å². The van der Waals surface area contributed by atoms with Gasteiger partial charge in [0.05, 0.1) is 23.4 Å². The van der Waals surface area contributed by atoms with Crippen molar-refractivity contribution < 1.29 is 17.9 Å². The summed E-state index contributed by atoms with van der Waals surface area (Å²) in [6, 6.07) is 2.12. The summed E-state index contributed by atoms with van der Waals surface area (Å²) in [6.07, 6.45) is 5.34. The minimum atomic E-state index is -2.92. The van der Waals surface area contributed by atoms with Gasteiger partial charge in [-0.1, -0.05) is 0 Å². The highest BCUT2D eigenvalue weighted by Gasteiger charge is 2.29. The maximum absolute atomic E-state index is 12.3. The fourth-order valence-corrected chi connectivity index (χ4v) is 5.39. The Labute approximate surface area is 177 Å². The van der Waals surface area contributed by atoms with Crippen molar-refractivity contribution in [3.63, 3.8) is 0 Å². The predicted molar refractivity (Wildman–Crippen MR) is 117 cm³/mol. The van der Waals surface area contributed by atoms with Crippen LogP contribution in [0.25, 0.3) is 11.0 Å². The largest absolute Gasteiger partial charge is 0.444 e. The Balaban J connectivity index is 1.47. The van der Waals surface area contributed by atoms with Gasteiger partial charge < -0.3 is 19.5 Å². The highest BCUT2D eigenvalue weighted by Crippen LogP contribution is 2.34. The molecule has 4 heterocycles. The molecule has 1 N–H and O–H groups in total. The monoisotopic (exact) mass is 434 g/mol. The first-order valence-corrected chi connectivity index (χ1v) is 12.3. The first-order valence-electron chi connectivity index (χ1n) is 10.5. The minimum absolute atomic E-state index is 0.189. The number of hydrogen-bond acceptors (Lipinski definition) is 6. The number of pyridine rings is 1. The second kappa shape index (κ2) is 7.76. The van der Waals surface area contributed by atoms with E-state index >= 15 is 0 Å². The minimum Gasteiger partial charge on any atom is -0.444 e. The Hall–Kier alpha value is -2.29. The van der Waals surface area contributed by atoms with E-state index in [-0.39, 0.29) is 17.6 Å². The van der Waals surface area contributed by atoms with Gasteiger partial charge in [-0.2, -0.15) is 0 Å². The van der Waals surface area contributed by atoms with Crippen molar-refractivity contribution in [3.05, 3.63) is 24.0 Å². The molecule has 164 valence electrons. The van der Waals surface area contributed by atoms with Crippen LogP contribution in [0, 0.1) is 0 Å². The number of anilines is 1. The average molecular weight is 435 g/mol. The van der Waals surface area contributed by atoms with Gasteiger partial charge in [0, 0.05) is 37.8 Å². The summed E-state index contributed by atoms with van der Waals surface area (Å²) in [5, 5.41) is 1.08. The maximum atomic E-state index is 12.3. The molecule has 8 nitrogen and oxygen atoms in total. The molecule has 1 amide bonds. The Morgan fingerprint density at radius 1 is 1.17 bits per heavy atom. The Morgan fingerprint density at radius 3 is 2.47 bits per heavy atom. The number of carbonyl (C=O) groups excluding carboxylic acids is 1. The topological polar surface area (TPSA) is 95.6 Å². The molecular formula is C21H30N4O4S. The van der Waals surface area contributed by atoms with Crippen LogP contribution in [0.1, 0.15) is 45.1 Å². The Bertz CT molecular complexity index is 1020. The number of fused-ring (bicyclic) bond motifs is 1. The number of carbonyl (C=O) groups is 1. The highest BCUT2D eigenvalue weighted by atomic mass is 32.2. The number of piperidine rings is 1. The van der Waals surface area contributed by atoms with E-state index in [0.29, 0.717) is 32.1 Å². The van der Waals surface area contributed by atoms with Gasteiger partial charge >= 0.3 is 6.09 Å². The van der Waals surface area contributed by atoms with Crippen molar-refractivity contribution in [2.75, 3.05) is 42.6 Å². The SMILES string of the molecule is CC(C)(C)OC(=O)N1CCC(c2c[nH]c3ncc(N4CCS(=O)(=O)CC4)cc23)CC1. The van der Waals surface area contributed by atoms with Gasteiger partial charge in [0.1, 0.15) is 11.2 Å². The molecule has 0 atom stereocenters. The number of H-pyrrole nitrogens is 1. The second-order valence-electron chi connectivity index (χ2n) is 9.21. The van der Waals surface area contributed by atoms with E-state index in [0.717, 1.165) is 29.6 Å². The van der Waals surface area contributed by atoms with Crippen LogP contribution in [0.3, 0.4) is 0 Å². The number of aromatic amines is 1. The number of nitrogens with one attached hydrogen (secondary N) is 1. The molecule has 4 rings (SSSR count). The normalized spacial score (nSPS) is 20.5. The summed E-state index contributed by atoms with van der Waals surface area (Å²) >= 11 is 0. The molecule has 0 unspecified atom stereocenters. The van der Waals surface area contributed by atoms with Crippen molar-refractivity contribution in [3.8, 4) is 0 Å². The molecule has 2 aromatic heterocycles. The smallest absolute Gasteiger partial charge is 0.410 e. The molecule has 2 aromatic rings. The summed E-state index contributed by atoms with van der Waals surface area (Å²) in [7, 11) is -2.92. The Morgan fingerprint density at radius 2 is 1.83 bits per heavy atom. The number of likely N-dealkylation sites (tertiary alicyclic amines) is 1. The van der Waals surface area contributed by atoms with E-state index in [1.807, 2.05) is 33.2 Å². The fourth-order valence-electron chi connectivity index (χ4n) is 4.19. The fraction of sp³-hybridized carbons (Fsp3) is 0.619. The third-order valence-electron chi connectivity index (χ3n) is 5.84. The molecule has 0 aromatic carbocycles. The van der Waals surface area contributed by atoms with Crippen molar-refractivity contribution in [2.24, 2.45) is 0 Å². The lowest BCUT2D eigenvalue weighted by Gasteiger charge is -2.33. The number of sulfone groups is 1. The molecule has 9 heteroatoms. The van der Waals surface area contributed by atoms with Gasteiger partial charge in [0.15, 0.2) is 9.84 Å². The first-order chi connectivity index (χ1) is 14.1. The molecule has 0 bridgehead atoms. The second-order valence-corrected chi connectivity index (χ2v) is 11.5. The summed E-state index contributed by atoms with van der Waals surface area (Å²) in [4.78, 5) is 24.0. The van der Waals surface area contributed by atoms with Gasteiger partial charge in [0.2, 0.25) is 0 Å². The third-order valence-corrected chi connectivity index (χ3v) is 7.45. The maximum Gasteiger partial charge on any atom is 0.410 e. The lowest BCUT2D eigenvalue weighted by molar-refractivity contribution is 0.0205. The van der Waals surface area contributed by atoms with E-state index in [9.17, 15) is 13.2 Å². The summed E-state index contributed by atoms with van der Waals surface area (Å²) in [5.41, 5.74) is 2.53. The van der Waals surface area contributed by atoms with Crippen molar-refractivity contribution in [2.45, 2.75) is 45.1 Å². The number of amides is 1. The predicted octanol–water partition coefficient (Wildman–Crippen LogP) is 2.91. The molecule has 0 aliphatic carbocycles. The average Bonchev–Trinajstić information content (AvgIpc) is 3.10. The lowest BCUT2D eigenvalue weighted by atomic mass is 9.89. The van der Waals surface area contributed by atoms with Crippen LogP contribution in [0.2, 0.25) is 0 Å². The van der Waals surface area contributed by atoms with Crippen LogP contribution in [0.5, 0.6) is 0 Å². The summed E-state index contributed by atoms with van der Waals surface area (Å²) in [6.45, 7) is 7.99. The zero-order valence-electron chi connectivity index (χ0n) is 17.8. The lowest BCUT2D eigenvalue weighted by Crippen LogP contribution is -2.41. The van der Waals surface area contributed by atoms with E-state index < -0.39 is 15.4 Å². The van der Waals surface area contributed by atoms with Crippen LogP contribution in [-0.2, 0) is 14.6 Å². The molecule has 0 spiro atoms. The molecule has 30 heavy (non-hydrogen) atoms. The molecule has 2 saturated heterocycles. The van der Waals surface area contributed by atoms with Gasteiger partial charge in [0.25, 0.3) is 0 Å². The summed E-state index contributed by atoms with van der Waals surface area (Å²) in [5.74, 6) is 0.721. The zero-order chi connectivity index (χ0) is 21.5. The van der Waals surface area contributed by atoms with Crippen LogP contribution >= 0.6 is 0 Å². The van der Waals surface area contributed by atoms with Gasteiger partial charge in [-0.3, -0.25) is 0 Å². The van der Waals surface area contributed by atoms with E-state index in [2.05, 4.69) is 20.9 Å². The van der Waals surface area contributed by atoms with Gasteiger partial charge in [-0.05, 0) is 51.2 Å². The van der Waals surface area contributed by atoms with Crippen LogP contribution in [0.15, 0.2) is 18.5 Å². The van der Waals surface area contributed by atoms with Crippen LogP contribution < -0.4 is 4.90 Å². The molecule has 2 aliphatic rings. The van der Waals surface area contributed by atoms with Gasteiger partial charge in [-0.15, -0.1) is 0 Å². The molecule has 2 fully saturated rings. The van der Waals surface area contributed by atoms with Crippen LogP contribution in [0.4, 0.5) is 10.5 Å². The van der Waals surface area contributed by atoms with Crippen molar-refractivity contribution >= 4 is 32.7 Å². The molecule has 0 radical (unpaired) electrons. The first kappa shape index (κ1) is 21.0. The summed E-state index contributed by atoms with van der Waals surface area (Å²) < 4.78 is 28.9. The van der Waals surface area contributed by atoms with Crippen molar-refractivity contribution in [1.82, 2.24) is 14.9 Å². The standard InChI is InChI=1S/C21H30N4O4S/c1-21(2,3)29-20(26)25-6-4-15(5-7-25)18-14-23-19-17(18)12-16(13-22-19)24-8-10-30(27,28)11-9-24/h12-15H,4-11H2,1-3H3,(H,22,23). The quantitative estimate of drug-likeness (QED) is 0.781. The number of ether oxygens (including phenoxy) is 1. The van der Waals surface area contributed by atoms with E-state index in [1.165, 1.54) is 5.56 Å². The zero-order valence-corrected chi connectivity index (χ0v) is 18.7. The number of rotatable bonds is 2. The molecule has 0 saturated carbocycles. The highest BCUT2D eigenvalue weighted by molar-refractivity contribution is 7.91. The van der Waals surface area contributed by atoms with Gasteiger partial charge in [-0.25, -0.2) is 18.2 Å². The number of aromatic nitrogens is 2. The van der Waals surface area contributed by atoms with Crippen molar-refractivity contribution in [1.29, 1.82) is 0 Å². The van der Waals surface area contributed by atoms with Crippen LogP contribution in [-0.4, -0.2) is 72.7 Å². The number of nitrogens with zero attached hydrogens (tertiary/aromatic N) is 3. The third kappa shape index (κ3) is 4.55. The molecule has 2 aliphatic heterocycles. The molecular weight excluding hydrogens is 404 g/mol. The van der Waals surface area contributed by atoms with E-state index in [1.54, 1.807) is 4.90 Å². The number of hydrogen-bond donors (Lipinski definition) is 1. The Kier molecular flexibility index (Phi) is 5.42.